The van der Waals surface area contributed by atoms with Crippen molar-refractivity contribution >= 4 is 39.5 Å². The first-order chi connectivity index (χ1) is 10.1. The van der Waals surface area contributed by atoms with Crippen molar-refractivity contribution in [2.45, 2.75) is 0 Å². The second kappa shape index (κ2) is 3.69. The number of aromatic nitrogens is 1. The molecule has 2 heterocycles. The quantitative estimate of drug-likeness (QED) is 0.404. The Hall–Kier alpha value is -3.15. The number of Topliss-reactive ketones (excluding diaryl/α,β-unsaturated/α-hetero) is 1. The zero-order chi connectivity index (χ0) is 14.7. The van der Waals surface area contributed by atoms with Crippen molar-refractivity contribution in [2.75, 3.05) is 0 Å². The maximum absolute atomic E-state index is 11.8. The van der Waals surface area contributed by atoms with E-state index in [1.54, 1.807) is 6.07 Å². The summed E-state index contributed by atoms with van der Waals surface area (Å²) in [5.41, 5.74) is 0.884. The normalized spacial score (nSPS) is 13.7. The molecule has 0 spiro atoms. The Kier molecular flexibility index (Phi) is 2.05. The van der Waals surface area contributed by atoms with Crippen molar-refractivity contribution in [3.05, 3.63) is 41.5 Å². The van der Waals surface area contributed by atoms with E-state index in [4.69, 9.17) is 4.74 Å². The van der Waals surface area contributed by atoms with Gasteiger partial charge in [-0.2, -0.15) is 0 Å². The van der Waals surface area contributed by atoms with Crippen LogP contribution in [-0.4, -0.2) is 27.8 Å². The van der Waals surface area contributed by atoms with Gasteiger partial charge in [-0.05, 0) is 12.1 Å². The number of rotatable bonds is 1. The highest BCUT2D eigenvalue weighted by Crippen LogP contribution is 2.38. The highest BCUT2D eigenvalue weighted by Gasteiger charge is 2.36. The molecule has 0 fully saturated rings. The molecule has 2 aromatic carbocycles. The molecule has 21 heavy (non-hydrogen) atoms. The first-order valence-corrected chi connectivity index (χ1v) is 6.15. The number of hydrogen-bond donors (Lipinski definition) is 2. The molecule has 1 aliphatic heterocycles. The van der Waals surface area contributed by atoms with Gasteiger partial charge in [-0.15, -0.1) is 0 Å². The zero-order valence-corrected chi connectivity index (χ0v) is 10.5. The third kappa shape index (κ3) is 1.38. The Morgan fingerprint density at radius 1 is 1.14 bits per heavy atom. The number of aromatic amines is 1. The predicted octanol–water partition coefficient (Wildman–Crippen LogP) is 2.12. The van der Waals surface area contributed by atoms with Crippen molar-refractivity contribution in [1.82, 2.24) is 4.98 Å². The van der Waals surface area contributed by atoms with Gasteiger partial charge in [0.15, 0.2) is 5.75 Å². The second-order valence-electron chi connectivity index (χ2n) is 4.75. The molecule has 0 radical (unpaired) electrons. The SMILES string of the molecule is O=C1Oc2c(cc3c([nH]c4ccccc43)c2C(=O)O)C1=O. The molecule has 1 aromatic heterocycles. The van der Waals surface area contributed by atoms with E-state index in [1.807, 2.05) is 18.2 Å². The minimum atomic E-state index is -1.26. The fourth-order valence-corrected chi connectivity index (χ4v) is 2.70. The number of carbonyl (C=O) groups excluding carboxylic acids is 2. The van der Waals surface area contributed by atoms with Crippen LogP contribution in [0.25, 0.3) is 21.8 Å². The summed E-state index contributed by atoms with van der Waals surface area (Å²) < 4.78 is 4.83. The van der Waals surface area contributed by atoms with Crippen LogP contribution in [0.1, 0.15) is 20.7 Å². The first-order valence-electron chi connectivity index (χ1n) is 6.15. The number of carbonyl (C=O) groups is 3. The van der Waals surface area contributed by atoms with Crippen molar-refractivity contribution in [2.24, 2.45) is 0 Å². The summed E-state index contributed by atoms with van der Waals surface area (Å²) in [5.74, 6) is -3.31. The third-order valence-corrected chi connectivity index (χ3v) is 3.60. The Bertz CT molecular complexity index is 983. The molecular weight excluding hydrogens is 274 g/mol. The first kappa shape index (κ1) is 11.7. The summed E-state index contributed by atoms with van der Waals surface area (Å²) in [7, 11) is 0. The summed E-state index contributed by atoms with van der Waals surface area (Å²) in [6.07, 6.45) is 0. The topological polar surface area (TPSA) is 96.5 Å². The zero-order valence-electron chi connectivity index (χ0n) is 10.5. The fraction of sp³-hybridized carbons (Fsp3) is 0. The fourth-order valence-electron chi connectivity index (χ4n) is 2.70. The Labute approximate surface area is 116 Å². The number of carboxylic acids is 1. The van der Waals surface area contributed by atoms with Crippen LogP contribution < -0.4 is 4.74 Å². The molecule has 2 N–H and O–H groups in total. The van der Waals surface area contributed by atoms with Crippen molar-refractivity contribution in [3.8, 4) is 5.75 Å². The lowest BCUT2D eigenvalue weighted by Gasteiger charge is -2.03. The molecule has 0 aliphatic carbocycles. The summed E-state index contributed by atoms with van der Waals surface area (Å²) in [6, 6.07) is 8.75. The molecule has 6 nitrogen and oxygen atoms in total. The predicted molar refractivity (Wildman–Crippen MR) is 72.7 cm³/mol. The van der Waals surface area contributed by atoms with Gasteiger partial charge in [0, 0.05) is 16.3 Å². The number of esters is 1. The van der Waals surface area contributed by atoms with Gasteiger partial charge in [-0.25, -0.2) is 9.59 Å². The Morgan fingerprint density at radius 2 is 1.90 bits per heavy atom. The minimum absolute atomic E-state index is 0.00495. The van der Waals surface area contributed by atoms with Crippen LogP contribution in [0.15, 0.2) is 30.3 Å². The lowest BCUT2D eigenvalue weighted by molar-refractivity contribution is -0.128. The highest BCUT2D eigenvalue weighted by atomic mass is 16.5. The van der Waals surface area contributed by atoms with Gasteiger partial charge < -0.3 is 14.8 Å². The molecule has 0 atom stereocenters. The number of hydrogen-bond acceptors (Lipinski definition) is 4. The molecule has 102 valence electrons. The minimum Gasteiger partial charge on any atom is -0.477 e. The van der Waals surface area contributed by atoms with E-state index in [-0.39, 0.29) is 16.9 Å². The lowest BCUT2D eigenvalue weighted by Crippen LogP contribution is -2.10. The van der Waals surface area contributed by atoms with E-state index >= 15 is 0 Å². The van der Waals surface area contributed by atoms with Gasteiger partial charge in [-0.1, -0.05) is 18.2 Å². The van der Waals surface area contributed by atoms with Gasteiger partial charge in [-0.3, -0.25) is 4.79 Å². The number of H-pyrrole nitrogens is 1. The van der Waals surface area contributed by atoms with Crippen molar-refractivity contribution in [1.29, 1.82) is 0 Å². The number of carboxylic acid groups (broad SMARTS) is 1. The van der Waals surface area contributed by atoms with Crippen LogP contribution >= 0.6 is 0 Å². The van der Waals surface area contributed by atoms with Gasteiger partial charge in [0.25, 0.3) is 5.78 Å². The molecule has 0 saturated heterocycles. The summed E-state index contributed by atoms with van der Waals surface area (Å²) in [6.45, 7) is 0. The van der Waals surface area contributed by atoms with Crippen LogP contribution in [-0.2, 0) is 4.79 Å². The van der Waals surface area contributed by atoms with E-state index in [1.165, 1.54) is 6.07 Å². The molecular formula is C15H7NO5. The Morgan fingerprint density at radius 3 is 2.67 bits per heavy atom. The summed E-state index contributed by atoms with van der Waals surface area (Å²) in [5, 5.41) is 10.8. The second-order valence-corrected chi connectivity index (χ2v) is 4.75. The average molecular weight is 281 g/mol. The summed E-state index contributed by atoms with van der Waals surface area (Å²) in [4.78, 5) is 37.7. The molecule has 3 aromatic rings. The van der Waals surface area contributed by atoms with Gasteiger partial charge >= 0.3 is 11.9 Å². The third-order valence-electron chi connectivity index (χ3n) is 3.60. The van der Waals surface area contributed by atoms with E-state index < -0.39 is 17.7 Å². The highest BCUT2D eigenvalue weighted by molar-refractivity contribution is 6.45. The molecule has 0 bridgehead atoms. The number of benzene rings is 2. The number of para-hydroxylation sites is 1. The van der Waals surface area contributed by atoms with E-state index in [0.29, 0.717) is 10.9 Å². The molecule has 0 unspecified atom stereocenters. The number of fused-ring (bicyclic) bond motifs is 4. The van der Waals surface area contributed by atoms with Crippen LogP contribution in [0.4, 0.5) is 0 Å². The monoisotopic (exact) mass is 281 g/mol. The number of nitrogens with one attached hydrogen (secondary N) is 1. The number of aromatic carboxylic acids is 1. The molecule has 0 amide bonds. The lowest BCUT2D eigenvalue weighted by atomic mass is 10.0. The van der Waals surface area contributed by atoms with Crippen LogP contribution in [0.2, 0.25) is 0 Å². The average Bonchev–Trinajstić information content (AvgIpc) is 2.95. The molecule has 6 heteroatoms. The molecule has 4 rings (SSSR count). The largest absolute Gasteiger partial charge is 0.477 e. The van der Waals surface area contributed by atoms with E-state index in [9.17, 15) is 19.5 Å². The van der Waals surface area contributed by atoms with Crippen molar-refractivity contribution in [3.63, 3.8) is 0 Å². The smallest absolute Gasteiger partial charge is 0.385 e. The van der Waals surface area contributed by atoms with Gasteiger partial charge in [0.1, 0.15) is 5.56 Å². The van der Waals surface area contributed by atoms with Gasteiger partial charge in [0.05, 0.1) is 11.1 Å². The van der Waals surface area contributed by atoms with E-state index in [0.717, 1.165) is 10.9 Å². The van der Waals surface area contributed by atoms with Gasteiger partial charge in [0.2, 0.25) is 0 Å². The molecule has 0 saturated carbocycles. The van der Waals surface area contributed by atoms with Crippen LogP contribution in [0, 0.1) is 0 Å². The van der Waals surface area contributed by atoms with Crippen molar-refractivity contribution < 1.29 is 24.2 Å². The maximum Gasteiger partial charge on any atom is 0.385 e. The maximum atomic E-state index is 11.8. The standard InChI is InChI=1S/C15H7NO5/c17-12-8-5-7-6-3-1-2-4-9(6)16-11(7)10(14(18)19)13(8)21-15(12)20/h1-5,16H,(H,18,19). The number of ether oxygens (including phenoxy) is 1. The van der Waals surface area contributed by atoms with Crippen LogP contribution in [0.5, 0.6) is 5.75 Å². The number of ketones is 1. The van der Waals surface area contributed by atoms with E-state index in [2.05, 4.69) is 4.98 Å². The van der Waals surface area contributed by atoms with Crippen LogP contribution in [0.3, 0.4) is 0 Å². The summed E-state index contributed by atoms with van der Waals surface area (Å²) >= 11 is 0. The Balaban J connectivity index is 2.25. The molecule has 1 aliphatic rings.